The molecule has 1 aliphatic heterocycles. The molecule has 0 spiro atoms. The van der Waals surface area contributed by atoms with Crippen molar-refractivity contribution < 1.29 is 4.79 Å². The van der Waals surface area contributed by atoms with Gasteiger partial charge in [-0.15, -0.1) is 0 Å². The maximum atomic E-state index is 12.1. The van der Waals surface area contributed by atoms with Gasteiger partial charge in [-0.25, -0.2) is 4.98 Å². The van der Waals surface area contributed by atoms with Crippen LogP contribution in [0.2, 0.25) is 5.15 Å². The zero-order valence-corrected chi connectivity index (χ0v) is 11.4. The first kappa shape index (κ1) is 12.6. The standard InChI is InChI=1S/C14H16ClN3O/c15-12-7-4-8-13(16-12)18-14(19)9-11(17-18)10-5-2-1-3-6-10/h4,7-8,10H,1-3,5-6,9H2. The van der Waals surface area contributed by atoms with Crippen LogP contribution in [0.1, 0.15) is 38.5 Å². The number of rotatable bonds is 2. The number of carbonyl (C=O) groups excluding carboxylic acids is 1. The van der Waals surface area contributed by atoms with E-state index in [9.17, 15) is 4.79 Å². The van der Waals surface area contributed by atoms with E-state index in [4.69, 9.17) is 11.6 Å². The molecule has 1 fully saturated rings. The van der Waals surface area contributed by atoms with E-state index in [0.29, 0.717) is 23.3 Å². The zero-order chi connectivity index (χ0) is 13.2. The van der Waals surface area contributed by atoms with E-state index in [1.165, 1.54) is 24.3 Å². The molecule has 0 N–H and O–H groups in total. The molecule has 0 aromatic carbocycles. The number of hydrogen-bond donors (Lipinski definition) is 0. The Hall–Kier alpha value is -1.42. The summed E-state index contributed by atoms with van der Waals surface area (Å²) >= 11 is 5.86. The molecule has 1 amide bonds. The molecule has 0 bridgehead atoms. The highest BCUT2D eigenvalue weighted by Crippen LogP contribution is 2.30. The van der Waals surface area contributed by atoms with Gasteiger partial charge < -0.3 is 0 Å². The van der Waals surface area contributed by atoms with Crippen molar-refractivity contribution in [3.05, 3.63) is 23.4 Å². The lowest BCUT2D eigenvalue weighted by Gasteiger charge is -2.20. The molecular weight excluding hydrogens is 262 g/mol. The van der Waals surface area contributed by atoms with Crippen LogP contribution >= 0.6 is 11.6 Å². The summed E-state index contributed by atoms with van der Waals surface area (Å²) in [6.07, 6.45) is 6.53. The van der Waals surface area contributed by atoms with E-state index in [0.717, 1.165) is 18.6 Å². The number of nitrogens with zero attached hydrogens (tertiary/aromatic N) is 3. The summed E-state index contributed by atoms with van der Waals surface area (Å²) in [6.45, 7) is 0. The van der Waals surface area contributed by atoms with Crippen LogP contribution in [0, 0.1) is 5.92 Å². The zero-order valence-electron chi connectivity index (χ0n) is 10.7. The first-order chi connectivity index (χ1) is 9.24. The van der Waals surface area contributed by atoms with Crippen molar-refractivity contribution >= 4 is 29.0 Å². The number of carbonyl (C=O) groups is 1. The summed E-state index contributed by atoms with van der Waals surface area (Å²) in [7, 11) is 0. The summed E-state index contributed by atoms with van der Waals surface area (Å²) in [6, 6.07) is 5.24. The number of hydrogen-bond acceptors (Lipinski definition) is 3. The third-order valence-corrected chi connectivity index (χ3v) is 4.00. The van der Waals surface area contributed by atoms with Gasteiger partial charge in [-0.1, -0.05) is 36.9 Å². The highest BCUT2D eigenvalue weighted by atomic mass is 35.5. The van der Waals surface area contributed by atoms with E-state index < -0.39 is 0 Å². The number of hydrazone groups is 1. The average Bonchev–Trinajstić information content (AvgIpc) is 2.82. The topological polar surface area (TPSA) is 45.6 Å². The van der Waals surface area contributed by atoms with Gasteiger partial charge in [0.2, 0.25) is 0 Å². The SMILES string of the molecule is O=C1CC(C2CCCCC2)=NN1c1cccc(Cl)n1. The largest absolute Gasteiger partial charge is 0.272 e. The molecular formula is C14H16ClN3O. The minimum atomic E-state index is -0.00431. The summed E-state index contributed by atoms with van der Waals surface area (Å²) < 4.78 is 0. The van der Waals surface area contributed by atoms with Crippen molar-refractivity contribution in [3.8, 4) is 0 Å². The molecule has 2 aliphatic rings. The van der Waals surface area contributed by atoms with Crippen LogP contribution in [0.25, 0.3) is 0 Å². The Kier molecular flexibility index (Phi) is 3.51. The molecule has 1 saturated carbocycles. The Bertz CT molecular complexity index is 523. The molecule has 5 heteroatoms. The molecule has 1 aliphatic carbocycles. The predicted molar refractivity (Wildman–Crippen MR) is 75.4 cm³/mol. The molecule has 2 heterocycles. The van der Waals surface area contributed by atoms with Crippen LogP contribution in [0.3, 0.4) is 0 Å². The van der Waals surface area contributed by atoms with Gasteiger partial charge in [-0.05, 0) is 30.9 Å². The number of pyridine rings is 1. The van der Waals surface area contributed by atoms with Crippen LogP contribution < -0.4 is 5.01 Å². The van der Waals surface area contributed by atoms with Gasteiger partial charge in [-0.3, -0.25) is 4.79 Å². The average molecular weight is 278 g/mol. The van der Waals surface area contributed by atoms with Gasteiger partial charge in [0.05, 0.1) is 12.1 Å². The Balaban J connectivity index is 1.82. The van der Waals surface area contributed by atoms with Crippen LogP contribution in [0.4, 0.5) is 5.82 Å². The molecule has 19 heavy (non-hydrogen) atoms. The lowest BCUT2D eigenvalue weighted by Crippen LogP contribution is -2.20. The fraction of sp³-hybridized carbons (Fsp3) is 0.500. The van der Waals surface area contributed by atoms with Crippen molar-refractivity contribution in [1.82, 2.24) is 4.98 Å². The molecule has 100 valence electrons. The molecule has 0 radical (unpaired) electrons. The van der Waals surface area contributed by atoms with Gasteiger partial charge in [0, 0.05) is 0 Å². The molecule has 0 unspecified atom stereocenters. The van der Waals surface area contributed by atoms with Crippen molar-refractivity contribution in [3.63, 3.8) is 0 Å². The van der Waals surface area contributed by atoms with Crippen LogP contribution in [0.5, 0.6) is 0 Å². The van der Waals surface area contributed by atoms with Crippen molar-refractivity contribution in [1.29, 1.82) is 0 Å². The lowest BCUT2D eigenvalue weighted by atomic mass is 9.85. The second-order valence-electron chi connectivity index (χ2n) is 5.13. The Labute approximate surface area is 117 Å². The van der Waals surface area contributed by atoms with E-state index in [1.54, 1.807) is 18.2 Å². The van der Waals surface area contributed by atoms with E-state index in [1.807, 2.05) is 0 Å². The van der Waals surface area contributed by atoms with Gasteiger partial charge >= 0.3 is 0 Å². The number of aromatic nitrogens is 1. The lowest BCUT2D eigenvalue weighted by molar-refractivity contribution is -0.117. The number of anilines is 1. The number of amides is 1. The van der Waals surface area contributed by atoms with Crippen LogP contribution in [-0.4, -0.2) is 16.6 Å². The fourth-order valence-electron chi connectivity index (χ4n) is 2.81. The molecule has 1 aromatic rings. The maximum absolute atomic E-state index is 12.1. The predicted octanol–water partition coefficient (Wildman–Crippen LogP) is 3.41. The summed E-state index contributed by atoms with van der Waals surface area (Å²) in [4.78, 5) is 16.2. The fourth-order valence-corrected chi connectivity index (χ4v) is 2.97. The Morgan fingerprint density at radius 3 is 2.74 bits per heavy atom. The smallest absolute Gasteiger partial charge is 0.254 e. The molecule has 3 rings (SSSR count). The first-order valence-corrected chi connectivity index (χ1v) is 7.15. The molecule has 1 aromatic heterocycles. The van der Waals surface area contributed by atoms with E-state index >= 15 is 0 Å². The minimum Gasteiger partial charge on any atom is -0.272 e. The Morgan fingerprint density at radius 1 is 1.21 bits per heavy atom. The minimum absolute atomic E-state index is 0.00431. The third-order valence-electron chi connectivity index (χ3n) is 3.79. The van der Waals surface area contributed by atoms with Gasteiger partial charge in [0.25, 0.3) is 5.91 Å². The van der Waals surface area contributed by atoms with E-state index in [2.05, 4.69) is 10.1 Å². The maximum Gasteiger partial charge on any atom is 0.254 e. The quantitative estimate of drug-likeness (QED) is 0.778. The monoisotopic (exact) mass is 277 g/mol. The summed E-state index contributed by atoms with van der Waals surface area (Å²) in [5.74, 6) is 0.987. The van der Waals surface area contributed by atoms with Gasteiger partial charge in [0.15, 0.2) is 5.82 Å². The van der Waals surface area contributed by atoms with Crippen molar-refractivity contribution in [2.45, 2.75) is 38.5 Å². The highest BCUT2D eigenvalue weighted by Gasteiger charge is 2.31. The first-order valence-electron chi connectivity index (χ1n) is 6.77. The van der Waals surface area contributed by atoms with Gasteiger partial charge in [0.1, 0.15) is 5.15 Å². The normalized spacial score (nSPS) is 20.8. The van der Waals surface area contributed by atoms with Crippen LogP contribution in [0.15, 0.2) is 23.3 Å². The van der Waals surface area contributed by atoms with Gasteiger partial charge in [-0.2, -0.15) is 10.1 Å². The molecule has 4 nitrogen and oxygen atoms in total. The Morgan fingerprint density at radius 2 is 2.00 bits per heavy atom. The third kappa shape index (κ3) is 2.63. The highest BCUT2D eigenvalue weighted by molar-refractivity contribution is 6.29. The molecule has 0 atom stereocenters. The van der Waals surface area contributed by atoms with E-state index in [-0.39, 0.29) is 5.91 Å². The second kappa shape index (κ2) is 5.29. The van der Waals surface area contributed by atoms with Crippen molar-refractivity contribution in [2.24, 2.45) is 11.0 Å². The number of halogens is 1. The summed E-state index contributed by atoms with van der Waals surface area (Å²) in [5, 5.41) is 6.26. The summed E-state index contributed by atoms with van der Waals surface area (Å²) in [5.41, 5.74) is 1.02. The van der Waals surface area contributed by atoms with Crippen LogP contribution in [-0.2, 0) is 4.79 Å². The second-order valence-corrected chi connectivity index (χ2v) is 5.51. The molecule has 0 saturated heterocycles. The van der Waals surface area contributed by atoms with Crippen molar-refractivity contribution in [2.75, 3.05) is 5.01 Å².